The molecule has 0 spiro atoms. The lowest BCUT2D eigenvalue weighted by Gasteiger charge is -2.26. The van der Waals surface area contributed by atoms with Gasteiger partial charge in [-0.2, -0.15) is 0 Å². The molecular weight excluding hydrogens is 384 g/mol. The Morgan fingerprint density at radius 3 is 2.52 bits per heavy atom. The van der Waals surface area contributed by atoms with Crippen LogP contribution in [0.5, 0.6) is 5.75 Å². The van der Waals surface area contributed by atoms with Crippen LogP contribution in [0.4, 0.5) is 0 Å². The van der Waals surface area contributed by atoms with Crippen LogP contribution in [0.1, 0.15) is 21.5 Å². The second-order valence-electron chi connectivity index (χ2n) is 6.05. The minimum Gasteiger partial charge on any atom is -0.507 e. The van der Waals surface area contributed by atoms with E-state index in [9.17, 15) is 9.90 Å². The zero-order chi connectivity index (χ0) is 17.6. The van der Waals surface area contributed by atoms with Crippen molar-refractivity contribution >= 4 is 21.8 Å². The fourth-order valence-electron chi connectivity index (χ4n) is 2.75. The van der Waals surface area contributed by atoms with Gasteiger partial charge in [0.15, 0.2) is 0 Å². The van der Waals surface area contributed by atoms with Crippen LogP contribution in [0.25, 0.3) is 0 Å². The molecule has 1 aliphatic heterocycles. The van der Waals surface area contributed by atoms with Crippen molar-refractivity contribution < 1.29 is 14.6 Å². The summed E-state index contributed by atoms with van der Waals surface area (Å²) in [6.45, 7) is 4.87. The van der Waals surface area contributed by atoms with Crippen molar-refractivity contribution in [1.29, 1.82) is 0 Å². The van der Waals surface area contributed by atoms with Crippen LogP contribution in [-0.2, 0) is 17.8 Å². The van der Waals surface area contributed by atoms with Crippen LogP contribution < -0.4 is 5.32 Å². The number of benzene rings is 2. The van der Waals surface area contributed by atoms with Crippen molar-refractivity contribution in [2.24, 2.45) is 0 Å². The monoisotopic (exact) mass is 404 g/mol. The number of amides is 1. The fourth-order valence-corrected chi connectivity index (χ4v) is 3.11. The van der Waals surface area contributed by atoms with E-state index in [1.54, 1.807) is 12.1 Å². The van der Waals surface area contributed by atoms with E-state index < -0.39 is 0 Å². The summed E-state index contributed by atoms with van der Waals surface area (Å²) >= 11 is 3.31. The average Bonchev–Trinajstić information content (AvgIpc) is 2.64. The minimum atomic E-state index is -0.295. The van der Waals surface area contributed by atoms with E-state index in [0.29, 0.717) is 6.54 Å². The number of hydrogen-bond acceptors (Lipinski definition) is 4. The zero-order valence-corrected chi connectivity index (χ0v) is 15.5. The number of aromatic hydroxyl groups is 1. The van der Waals surface area contributed by atoms with E-state index >= 15 is 0 Å². The van der Waals surface area contributed by atoms with Crippen molar-refractivity contribution in [2.45, 2.75) is 13.1 Å². The average molecular weight is 405 g/mol. The van der Waals surface area contributed by atoms with E-state index in [-0.39, 0.29) is 17.2 Å². The number of nitrogens with one attached hydrogen (secondary N) is 1. The Morgan fingerprint density at radius 1 is 1.12 bits per heavy atom. The summed E-state index contributed by atoms with van der Waals surface area (Å²) in [7, 11) is 0. The SMILES string of the molecule is O=C(NCc1ccc(CN2CCOCC2)cc1)c1cc(Br)ccc1O. The Morgan fingerprint density at radius 2 is 1.80 bits per heavy atom. The van der Waals surface area contributed by atoms with Crippen molar-refractivity contribution in [3.8, 4) is 5.75 Å². The lowest BCUT2D eigenvalue weighted by molar-refractivity contribution is 0.0342. The molecule has 0 aliphatic carbocycles. The number of hydrogen-bond donors (Lipinski definition) is 2. The smallest absolute Gasteiger partial charge is 0.255 e. The molecule has 0 unspecified atom stereocenters. The molecule has 2 aromatic carbocycles. The Labute approximate surface area is 155 Å². The largest absolute Gasteiger partial charge is 0.507 e. The van der Waals surface area contributed by atoms with E-state index in [0.717, 1.165) is 42.9 Å². The highest BCUT2D eigenvalue weighted by Gasteiger charge is 2.12. The Balaban J connectivity index is 1.54. The molecule has 0 bridgehead atoms. The molecule has 0 saturated carbocycles. The number of morpholine rings is 1. The molecule has 0 aromatic heterocycles. The maximum Gasteiger partial charge on any atom is 0.255 e. The lowest BCUT2D eigenvalue weighted by Crippen LogP contribution is -2.35. The molecule has 2 N–H and O–H groups in total. The molecule has 3 rings (SSSR count). The number of ether oxygens (including phenoxy) is 1. The first-order valence-corrected chi connectivity index (χ1v) is 9.06. The summed E-state index contributed by atoms with van der Waals surface area (Å²) in [6.07, 6.45) is 0. The number of phenolic OH excluding ortho intramolecular Hbond substituents is 1. The number of halogens is 1. The summed E-state index contributed by atoms with van der Waals surface area (Å²) in [6, 6.07) is 13.0. The van der Waals surface area contributed by atoms with Gasteiger partial charge < -0.3 is 15.2 Å². The Hall–Kier alpha value is -1.89. The van der Waals surface area contributed by atoms with Crippen molar-refractivity contribution in [3.63, 3.8) is 0 Å². The number of carbonyl (C=O) groups is 1. The predicted octanol–water partition coefficient (Wildman–Crippen LogP) is 2.92. The standard InChI is InChI=1S/C19H21BrN2O3/c20-16-5-6-18(23)17(11-16)19(24)21-12-14-1-3-15(4-2-14)13-22-7-9-25-10-8-22/h1-6,11,23H,7-10,12-13H2,(H,21,24). The molecule has 1 heterocycles. The van der Waals surface area contributed by atoms with E-state index in [4.69, 9.17) is 4.74 Å². The van der Waals surface area contributed by atoms with Crippen LogP contribution in [0.3, 0.4) is 0 Å². The Kier molecular flexibility index (Phi) is 6.07. The second-order valence-corrected chi connectivity index (χ2v) is 6.96. The fraction of sp³-hybridized carbons (Fsp3) is 0.316. The summed E-state index contributed by atoms with van der Waals surface area (Å²) in [5, 5.41) is 12.6. The summed E-state index contributed by atoms with van der Waals surface area (Å²) in [4.78, 5) is 14.6. The van der Waals surface area contributed by atoms with Crippen LogP contribution in [0.2, 0.25) is 0 Å². The topological polar surface area (TPSA) is 61.8 Å². The maximum absolute atomic E-state index is 12.2. The van der Waals surface area contributed by atoms with Gasteiger partial charge in [0.2, 0.25) is 0 Å². The van der Waals surface area contributed by atoms with E-state index in [1.165, 1.54) is 11.6 Å². The quantitative estimate of drug-likeness (QED) is 0.803. The van der Waals surface area contributed by atoms with Gasteiger partial charge in [-0.3, -0.25) is 9.69 Å². The molecular formula is C19H21BrN2O3. The van der Waals surface area contributed by atoms with Gasteiger partial charge in [0, 0.05) is 30.7 Å². The van der Waals surface area contributed by atoms with Gasteiger partial charge in [0.25, 0.3) is 5.91 Å². The third-order valence-electron chi connectivity index (χ3n) is 4.19. The first-order valence-electron chi connectivity index (χ1n) is 8.26. The number of rotatable bonds is 5. The summed E-state index contributed by atoms with van der Waals surface area (Å²) in [5.74, 6) is -0.322. The minimum absolute atomic E-state index is 0.0263. The number of phenols is 1. The highest BCUT2D eigenvalue weighted by atomic mass is 79.9. The van der Waals surface area contributed by atoms with Gasteiger partial charge in [0.1, 0.15) is 5.75 Å². The highest BCUT2D eigenvalue weighted by molar-refractivity contribution is 9.10. The summed E-state index contributed by atoms with van der Waals surface area (Å²) < 4.78 is 6.11. The van der Waals surface area contributed by atoms with Gasteiger partial charge in [-0.15, -0.1) is 0 Å². The van der Waals surface area contributed by atoms with E-state index in [1.807, 2.05) is 12.1 Å². The van der Waals surface area contributed by atoms with Crippen LogP contribution in [0.15, 0.2) is 46.9 Å². The summed E-state index contributed by atoms with van der Waals surface area (Å²) in [5.41, 5.74) is 2.54. The van der Waals surface area contributed by atoms with E-state index in [2.05, 4.69) is 38.3 Å². The zero-order valence-electron chi connectivity index (χ0n) is 13.9. The van der Waals surface area contributed by atoms with Gasteiger partial charge in [-0.25, -0.2) is 0 Å². The van der Waals surface area contributed by atoms with Crippen molar-refractivity contribution in [2.75, 3.05) is 26.3 Å². The maximum atomic E-state index is 12.2. The molecule has 6 heteroatoms. The molecule has 2 aromatic rings. The molecule has 0 atom stereocenters. The molecule has 25 heavy (non-hydrogen) atoms. The third kappa shape index (κ3) is 5.04. The molecule has 5 nitrogen and oxygen atoms in total. The van der Waals surface area contributed by atoms with Gasteiger partial charge >= 0.3 is 0 Å². The third-order valence-corrected chi connectivity index (χ3v) is 4.68. The van der Waals surface area contributed by atoms with Gasteiger partial charge in [-0.05, 0) is 29.3 Å². The van der Waals surface area contributed by atoms with Crippen LogP contribution in [-0.4, -0.2) is 42.2 Å². The molecule has 1 amide bonds. The Bertz CT molecular complexity index is 728. The normalized spacial score (nSPS) is 15.1. The number of carbonyl (C=O) groups excluding carboxylic acids is 1. The molecule has 1 aliphatic rings. The molecule has 1 saturated heterocycles. The second kappa shape index (κ2) is 8.47. The molecule has 132 valence electrons. The van der Waals surface area contributed by atoms with Gasteiger partial charge in [0.05, 0.1) is 18.8 Å². The number of nitrogens with zero attached hydrogens (tertiary/aromatic N) is 1. The first-order chi connectivity index (χ1) is 12.1. The first kappa shape index (κ1) is 17.9. The lowest BCUT2D eigenvalue weighted by atomic mass is 10.1. The highest BCUT2D eigenvalue weighted by Crippen LogP contribution is 2.21. The predicted molar refractivity (Wildman–Crippen MR) is 99.5 cm³/mol. The van der Waals surface area contributed by atoms with Crippen molar-refractivity contribution in [1.82, 2.24) is 10.2 Å². The molecule has 0 radical (unpaired) electrons. The van der Waals surface area contributed by atoms with Gasteiger partial charge in [-0.1, -0.05) is 40.2 Å². The van der Waals surface area contributed by atoms with Crippen molar-refractivity contribution in [3.05, 3.63) is 63.6 Å². The molecule has 1 fully saturated rings. The van der Waals surface area contributed by atoms with Crippen LogP contribution >= 0.6 is 15.9 Å². The van der Waals surface area contributed by atoms with Crippen LogP contribution in [0, 0.1) is 0 Å².